The van der Waals surface area contributed by atoms with Crippen LogP contribution in [-0.4, -0.2) is 19.9 Å². The molecule has 1 aliphatic heterocycles. The van der Waals surface area contributed by atoms with Crippen molar-refractivity contribution >= 4 is 50.1 Å². The van der Waals surface area contributed by atoms with E-state index >= 15 is 0 Å². The molecule has 9 heteroatoms. The van der Waals surface area contributed by atoms with Crippen LogP contribution in [0, 0.1) is 5.82 Å². The third kappa shape index (κ3) is 3.56. The van der Waals surface area contributed by atoms with Gasteiger partial charge >= 0.3 is 0 Å². The van der Waals surface area contributed by atoms with Crippen LogP contribution in [0.1, 0.15) is 21.6 Å². The Labute approximate surface area is 170 Å². The number of fused-ring (bicyclic) bond motifs is 1. The number of benzene rings is 2. The number of carbonyl (C=O) groups excluding carboxylic acids is 1. The predicted octanol–water partition coefficient (Wildman–Crippen LogP) is 4.44. The van der Waals surface area contributed by atoms with Crippen LogP contribution in [-0.2, 0) is 22.3 Å². The van der Waals surface area contributed by atoms with Crippen molar-refractivity contribution in [2.45, 2.75) is 11.5 Å². The lowest BCUT2D eigenvalue weighted by Gasteiger charge is -2.12. The van der Waals surface area contributed by atoms with E-state index in [4.69, 9.17) is 11.6 Å². The fourth-order valence-electron chi connectivity index (χ4n) is 2.87. The third-order valence-corrected chi connectivity index (χ3v) is 6.17. The molecule has 0 unspecified atom stereocenters. The van der Waals surface area contributed by atoms with E-state index in [-0.39, 0.29) is 5.82 Å². The first-order valence-electron chi connectivity index (χ1n) is 7.90. The maximum absolute atomic E-state index is 13.3. The molecule has 0 saturated carbocycles. The average Bonchev–Trinajstić information content (AvgIpc) is 3.15. The Kier molecular flexibility index (Phi) is 4.88. The van der Waals surface area contributed by atoms with Crippen LogP contribution in [0.15, 0.2) is 46.9 Å². The number of hydrogen-bond donors (Lipinski definition) is 1. The second-order valence-corrected chi connectivity index (χ2v) is 8.75. The van der Waals surface area contributed by atoms with Crippen LogP contribution in [0.4, 0.5) is 10.2 Å². The number of nitrogens with zero attached hydrogens (tertiary/aromatic N) is 2. The molecule has 1 atom stereocenters. The van der Waals surface area contributed by atoms with Gasteiger partial charge in [-0.15, -0.1) is 0 Å². The molecule has 1 N–H and O–H groups in total. The molecule has 2 aromatic carbocycles. The van der Waals surface area contributed by atoms with Gasteiger partial charge in [0.2, 0.25) is 0 Å². The Bertz CT molecular complexity index is 1080. The second kappa shape index (κ2) is 7.18. The van der Waals surface area contributed by atoms with Crippen molar-refractivity contribution in [1.29, 1.82) is 0 Å². The molecule has 1 amide bonds. The van der Waals surface area contributed by atoms with E-state index in [1.807, 2.05) is 0 Å². The van der Waals surface area contributed by atoms with E-state index in [0.717, 1.165) is 10.0 Å². The molecule has 0 spiro atoms. The largest absolute Gasteiger partial charge is 0.306 e. The molecule has 1 aliphatic rings. The summed E-state index contributed by atoms with van der Waals surface area (Å²) < 4.78 is 27.5. The number of halogens is 3. The van der Waals surface area contributed by atoms with Gasteiger partial charge in [-0.1, -0.05) is 27.5 Å². The van der Waals surface area contributed by atoms with Crippen LogP contribution in [0.3, 0.4) is 0 Å². The fraction of sp³-hybridized carbons (Fsp3) is 0.111. The summed E-state index contributed by atoms with van der Waals surface area (Å²) in [4.78, 5) is 12.8. The van der Waals surface area contributed by atoms with Crippen molar-refractivity contribution in [2.24, 2.45) is 0 Å². The van der Waals surface area contributed by atoms with Gasteiger partial charge < -0.3 is 5.32 Å². The normalized spacial score (nSPS) is 15.6. The van der Waals surface area contributed by atoms with Gasteiger partial charge in [0.25, 0.3) is 5.91 Å². The highest BCUT2D eigenvalue weighted by molar-refractivity contribution is 9.10. The Morgan fingerprint density at radius 2 is 1.96 bits per heavy atom. The van der Waals surface area contributed by atoms with Gasteiger partial charge in [-0.3, -0.25) is 9.00 Å². The van der Waals surface area contributed by atoms with E-state index in [1.54, 1.807) is 30.3 Å². The first-order chi connectivity index (χ1) is 12.9. The van der Waals surface area contributed by atoms with Crippen LogP contribution in [0.25, 0.3) is 5.69 Å². The summed E-state index contributed by atoms with van der Waals surface area (Å²) in [5, 5.41) is 7.62. The minimum Gasteiger partial charge on any atom is -0.306 e. The van der Waals surface area contributed by atoms with Gasteiger partial charge in [-0.05, 0) is 42.5 Å². The van der Waals surface area contributed by atoms with Crippen LogP contribution in [0.2, 0.25) is 5.02 Å². The first kappa shape index (κ1) is 18.3. The van der Waals surface area contributed by atoms with Crippen molar-refractivity contribution in [3.05, 3.63) is 74.6 Å². The quantitative estimate of drug-likeness (QED) is 0.618. The van der Waals surface area contributed by atoms with Crippen molar-refractivity contribution in [3.63, 3.8) is 0 Å². The maximum Gasteiger partial charge on any atom is 0.258 e. The minimum absolute atomic E-state index is 0.297. The number of carbonyl (C=O) groups is 1. The zero-order valence-electron chi connectivity index (χ0n) is 13.7. The number of hydrogen-bond acceptors (Lipinski definition) is 3. The molecular weight excluding hydrogens is 457 g/mol. The highest BCUT2D eigenvalue weighted by Crippen LogP contribution is 2.32. The van der Waals surface area contributed by atoms with E-state index in [1.165, 1.54) is 16.8 Å². The van der Waals surface area contributed by atoms with Crippen molar-refractivity contribution in [3.8, 4) is 5.69 Å². The van der Waals surface area contributed by atoms with Crippen molar-refractivity contribution in [2.75, 3.05) is 5.32 Å². The molecule has 138 valence electrons. The topological polar surface area (TPSA) is 64.0 Å². The Morgan fingerprint density at radius 3 is 2.70 bits per heavy atom. The number of aromatic nitrogens is 2. The summed E-state index contributed by atoms with van der Waals surface area (Å²) in [7, 11) is -1.05. The maximum atomic E-state index is 13.3. The standard InChI is InChI=1S/C18H12BrClFN3O2S/c19-10-1-6-15(20)13(7-10)18(25)22-17-14-8-27(26)9-16(14)23-24(17)12-4-2-11(21)3-5-12/h1-7H,8-9H2,(H,22,25)/t27-/m0/s1. The smallest absolute Gasteiger partial charge is 0.258 e. The molecule has 0 bridgehead atoms. The highest BCUT2D eigenvalue weighted by Gasteiger charge is 2.28. The molecule has 2 heterocycles. The van der Waals surface area contributed by atoms with Crippen LogP contribution in [0.5, 0.6) is 0 Å². The molecule has 0 saturated heterocycles. The van der Waals surface area contributed by atoms with Gasteiger partial charge in [-0.25, -0.2) is 9.07 Å². The van der Waals surface area contributed by atoms with Crippen LogP contribution < -0.4 is 5.32 Å². The summed E-state index contributed by atoms with van der Waals surface area (Å²) >= 11 is 9.48. The number of amides is 1. The first-order valence-corrected chi connectivity index (χ1v) is 10.6. The van der Waals surface area contributed by atoms with E-state index in [9.17, 15) is 13.4 Å². The summed E-state index contributed by atoms with van der Waals surface area (Å²) in [6.45, 7) is 0. The van der Waals surface area contributed by atoms with E-state index < -0.39 is 16.7 Å². The number of nitrogens with one attached hydrogen (secondary N) is 1. The summed E-state index contributed by atoms with van der Waals surface area (Å²) in [6.07, 6.45) is 0. The summed E-state index contributed by atoms with van der Waals surface area (Å²) in [6, 6.07) is 10.7. The predicted molar refractivity (Wildman–Crippen MR) is 106 cm³/mol. The van der Waals surface area contributed by atoms with Gasteiger partial charge in [0.05, 0.1) is 33.5 Å². The lowest BCUT2D eigenvalue weighted by Crippen LogP contribution is -2.17. The molecule has 27 heavy (non-hydrogen) atoms. The Morgan fingerprint density at radius 1 is 1.22 bits per heavy atom. The molecule has 3 aromatic rings. The molecule has 0 fully saturated rings. The molecule has 0 aliphatic carbocycles. The lowest BCUT2D eigenvalue weighted by atomic mass is 10.2. The zero-order chi connectivity index (χ0) is 19.1. The summed E-state index contributed by atoms with van der Waals surface area (Å²) in [5.41, 5.74) is 2.27. The van der Waals surface area contributed by atoms with Gasteiger partial charge in [0.1, 0.15) is 11.6 Å². The molecule has 4 rings (SSSR count). The number of rotatable bonds is 3. The molecular formula is C18H12BrClFN3O2S. The third-order valence-electron chi connectivity index (χ3n) is 4.15. The molecule has 0 radical (unpaired) electrons. The van der Waals surface area contributed by atoms with Gasteiger partial charge in [-0.2, -0.15) is 5.10 Å². The number of anilines is 1. The average molecular weight is 469 g/mol. The van der Waals surface area contributed by atoms with E-state index in [2.05, 4.69) is 26.3 Å². The van der Waals surface area contributed by atoms with Crippen molar-refractivity contribution < 1.29 is 13.4 Å². The highest BCUT2D eigenvalue weighted by atomic mass is 79.9. The van der Waals surface area contributed by atoms with Crippen molar-refractivity contribution in [1.82, 2.24) is 9.78 Å². The van der Waals surface area contributed by atoms with E-state index in [0.29, 0.717) is 39.3 Å². The lowest BCUT2D eigenvalue weighted by molar-refractivity contribution is 0.102. The zero-order valence-corrected chi connectivity index (χ0v) is 16.9. The Hall–Kier alpha value is -2.03. The molecule has 1 aromatic heterocycles. The van der Waals surface area contributed by atoms with Gasteiger partial charge in [0, 0.05) is 20.8 Å². The second-order valence-electron chi connectivity index (χ2n) is 5.97. The Balaban J connectivity index is 1.77. The van der Waals surface area contributed by atoms with Crippen LogP contribution >= 0.6 is 27.5 Å². The monoisotopic (exact) mass is 467 g/mol. The molecule has 5 nitrogen and oxygen atoms in total. The fourth-order valence-corrected chi connectivity index (χ4v) is 4.70. The van der Waals surface area contributed by atoms with Gasteiger partial charge in [0.15, 0.2) is 0 Å². The summed E-state index contributed by atoms with van der Waals surface area (Å²) in [5.74, 6) is 0.266. The minimum atomic E-state index is -1.05. The SMILES string of the molecule is O=C(Nc1c2c(nn1-c1ccc(F)cc1)C[S@@](=O)C2)c1cc(Br)ccc1Cl.